The van der Waals surface area contributed by atoms with Crippen molar-refractivity contribution in [2.45, 2.75) is 46.4 Å². The van der Waals surface area contributed by atoms with Crippen LogP contribution < -0.4 is 5.32 Å². The van der Waals surface area contributed by atoms with Gasteiger partial charge in [0.15, 0.2) is 11.8 Å². The average molecular weight is 529 g/mol. The molecule has 160 valence electrons. The van der Waals surface area contributed by atoms with Crippen LogP contribution in [0.2, 0.25) is 0 Å². The topological polar surface area (TPSA) is 58.3 Å². The zero-order valence-corrected chi connectivity index (χ0v) is 21.2. The zero-order valence-electron chi connectivity index (χ0n) is 18.1. The van der Waals surface area contributed by atoms with E-state index >= 15 is 0 Å². The number of pyridine rings is 1. The summed E-state index contributed by atoms with van der Waals surface area (Å²) < 4.78 is 1.88. The third kappa shape index (κ3) is 6.34. The number of halogens is 1. The number of rotatable bonds is 5. The van der Waals surface area contributed by atoms with Gasteiger partial charge in [0, 0.05) is 42.5 Å². The molecule has 1 aliphatic rings. The van der Waals surface area contributed by atoms with Crippen LogP contribution in [0.15, 0.2) is 29.4 Å². The van der Waals surface area contributed by atoms with Crippen LogP contribution in [0.1, 0.15) is 37.7 Å². The summed E-state index contributed by atoms with van der Waals surface area (Å²) in [4.78, 5) is 11.9. The molecule has 3 heterocycles. The Kier molecular flexibility index (Phi) is 9.26. The number of hydrogen-bond donors (Lipinski definition) is 1. The second-order valence-electron chi connectivity index (χ2n) is 7.63. The third-order valence-corrected chi connectivity index (χ3v) is 6.46. The van der Waals surface area contributed by atoms with Gasteiger partial charge in [0.25, 0.3) is 0 Å². The lowest BCUT2D eigenvalue weighted by atomic mass is 10.1. The molecule has 2 aromatic rings. The zero-order chi connectivity index (χ0) is 20.1. The SMILES string of the molecule is CCNC(=NCc1ccc(-n2nc(C)cc2C)nc1)N1CCSC(C(C)C)C1.I. The predicted molar refractivity (Wildman–Crippen MR) is 134 cm³/mol. The fourth-order valence-electron chi connectivity index (χ4n) is 3.36. The minimum atomic E-state index is 0. The molecule has 0 aromatic carbocycles. The predicted octanol–water partition coefficient (Wildman–Crippen LogP) is 4.04. The minimum absolute atomic E-state index is 0. The number of hydrogen-bond acceptors (Lipinski definition) is 4. The van der Waals surface area contributed by atoms with Gasteiger partial charge in [-0.15, -0.1) is 24.0 Å². The van der Waals surface area contributed by atoms with Gasteiger partial charge in [-0.1, -0.05) is 19.9 Å². The molecule has 0 amide bonds. The van der Waals surface area contributed by atoms with Gasteiger partial charge in [0.1, 0.15) is 0 Å². The maximum Gasteiger partial charge on any atom is 0.194 e. The maximum absolute atomic E-state index is 4.89. The molecule has 1 unspecified atom stereocenters. The molecule has 1 fully saturated rings. The molecule has 1 saturated heterocycles. The highest BCUT2D eigenvalue weighted by Gasteiger charge is 2.24. The third-order valence-electron chi connectivity index (χ3n) is 4.92. The van der Waals surface area contributed by atoms with Crippen molar-refractivity contribution in [2.24, 2.45) is 10.9 Å². The normalized spacial score (nSPS) is 17.4. The first-order chi connectivity index (χ1) is 13.5. The second-order valence-corrected chi connectivity index (χ2v) is 8.98. The van der Waals surface area contributed by atoms with Crippen molar-refractivity contribution < 1.29 is 0 Å². The summed E-state index contributed by atoms with van der Waals surface area (Å²) in [5.41, 5.74) is 3.20. The van der Waals surface area contributed by atoms with Crippen LogP contribution >= 0.6 is 35.7 Å². The Morgan fingerprint density at radius 2 is 2.14 bits per heavy atom. The number of nitrogens with one attached hydrogen (secondary N) is 1. The molecule has 1 N–H and O–H groups in total. The van der Waals surface area contributed by atoms with Crippen LogP contribution in [-0.2, 0) is 6.54 Å². The Bertz CT molecular complexity index is 802. The lowest BCUT2D eigenvalue weighted by Gasteiger charge is -2.36. The molecule has 6 nitrogen and oxygen atoms in total. The Labute approximate surface area is 196 Å². The smallest absolute Gasteiger partial charge is 0.194 e. The van der Waals surface area contributed by atoms with Gasteiger partial charge in [-0.3, -0.25) is 0 Å². The van der Waals surface area contributed by atoms with Crippen molar-refractivity contribution in [3.05, 3.63) is 41.3 Å². The molecule has 29 heavy (non-hydrogen) atoms. The molecule has 2 aromatic heterocycles. The quantitative estimate of drug-likeness (QED) is 0.361. The van der Waals surface area contributed by atoms with Crippen molar-refractivity contribution in [3.8, 4) is 5.82 Å². The standard InChI is InChI=1S/C21H32N6S.HI/c1-6-22-21(26-9-10-28-19(14-26)15(2)3)24-13-18-7-8-20(23-12-18)27-17(5)11-16(4)25-27;/h7-8,11-12,15,19H,6,9-10,13-14H2,1-5H3,(H,22,24);1H. The van der Waals surface area contributed by atoms with E-state index in [9.17, 15) is 0 Å². The van der Waals surface area contributed by atoms with E-state index in [1.54, 1.807) is 0 Å². The molecule has 0 spiro atoms. The summed E-state index contributed by atoms with van der Waals surface area (Å²) in [6.45, 7) is 14.4. The Balaban J connectivity index is 0.00000300. The molecule has 1 atom stereocenters. The van der Waals surface area contributed by atoms with E-state index in [2.05, 4.69) is 65.0 Å². The number of aromatic nitrogens is 3. The summed E-state index contributed by atoms with van der Waals surface area (Å²) in [6, 6.07) is 6.17. The summed E-state index contributed by atoms with van der Waals surface area (Å²) in [6.07, 6.45) is 1.90. The maximum atomic E-state index is 4.89. The number of aryl methyl sites for hydroxylation is 2. The van der Waals surface area contributed by atoms with E-state index in [1.165, 1.54) is 0 Å². The highest BCUT2D eigenvalue weighted by atomic mass is 127. The Morgan fingerprint density at radius 1 is 1.34 bits per heavy atom. The van der Waals surface area contributed by atoms with E-state index in [0.717, 1.165) is 54.1 Å². The molecular formula is C21H33IN6S. The van der Waals surface area contributed by atoms with Crippen molar-refractivity contribution in [1.82, 2.24) is 25.0 Å². The average Bonchev–Trinajstić information content (AvgIpc) is 3.03. The van der Waals surface area contributed by atoms with Gasteiger partial charge >= 0.3 is 0 Å². The largest absolute Gasteiger partial charge is 0.357 e. The van der Waals surface area contributed by atoms with E-state index in [0.29, 0.717) is 17.7 Å². The van der Waals surface area contributed by atoms with E-state index in [-0.39, 0.29) is 24.0 Å². The second kappa shape index (κ2) is 11.2. The molecule has 8 heteroatoms. The van der Waals surface area contributed by atoms with Gasteiger partial charge < -0.3 is 10.2 Å². The lowest BCUT2D eigenvalue weighted by Crippen LogP contribution is -2.49. The highest BCUT2D eigenvalue weighted by molar-refractivity contribution is 14.0. The molecule has 3 rings (SSSR count). The highest BCUT2D eigenvalue weighted by Crippen LogP contribution is 2.25. The minimum Gasteiger partial charge on any atom is -0.357 e. The number of aliphatic imine (C=N–C) groups is 1. The fraction of sp³-hybridized carbons (Fsp3) is 0.571. The van der Waals surface area contributed by atoms with Crippen molar-refractivity contribution in [3.63, 3.8) is 0 Å². The number of guanidine groups is 1. The summed E-state index contributed by atoms with van der Waals surface area (Å²) in [7, 11) is 0. The van der Waals surface area contributed by atoms with Crippen LogP contribution in [0, 0.1) is 19.8 Å². The lowest BCUT2D eigenvalue weighted by molar-refractivity contribution is 0.381. The fourth-order valence-corrected chi connectivity index (χ4v) is 4.66. The van der Waals surface area contributed by atoms with Gasteiger partial charge in [0.2, 0.25) is 0 Å². The van der Waals surface area contributed by atoms with Crippen LogP contribution in [-0.4, -0.2) is 56.3 Å². The summed E-state index contributed by atoms with van der Waals surface area (Å²) in [5, 5.41) is 8.63. The molecule has 0 aliphatic carbocycles. The molecule has 0 saturated carbocycles. The number of nitrogens with zero attached hydrogens (tertiary/aromatic N) is 5. The van der Waals surface area contributed by atoms with Crippen LogP contribution in [0.4, 0.5) is 0 Å². The summed E-state index contributed by atoms with van der Waals surface area (Å²) >= 11 is 2.08. The van der Waals surface area contributed by atoms with E-state index in [4.69, 9.17) is 4.99 Å². The van der Waals surface area contributed by atoms with Crippen LogP contribution in [0.3, 0.4) is 0 Å². The van der Waals surface area contributed by atoms with Gasteiger partial charge in [-0.25, -0.2) is 14.7 Å². The monoisotopic (exact) mass is 528 g/mol. The number of thioether (sulfide) groups is 1. The van der Waals surface area contributed by atoms with Crippen molar-refractivity contribution >= 4 is 41.7 Å². The molecule has 0 radical (unpaired) electrons. The van der Waals surface area contributed by atoms with Gasteiger partial charge in [-0.05, 0) is 44.4 Å². The Morgan fingerprint density at radius 3 is 2.72 bits per heavy atom. The summed E-state index contributed by atoms with van der Waals surface area (Å²) in [5.74, 6) is 3.70. The van der Waals surface area contributed by atoms with Crippen molar-refractivity contribution in [2.75, 3.05) is 25.4 Å². The molecular weight excluding hydrogens is 495 g/mol. The molecule has 1 aliphatic heterocycles. The Hall–Kier alpha value is -1.29. The van der Waals surface area contributed by atoms with Gasteiger partial charge in [-0.2, -0.15) is 16.9 Å². The van der Waals surface area contributed by atoms with E-state index < -0.39 is 0 Å². The van der Waals surface area contributed by atoms with Gasteiger partial charge in [0.05, 0.1) is 12.2 Å². The van der Waals surface area contributed by atoms with Crippen LogP contribution in [0.25, 0.3) is 5.82 Å². The first-order valence-electron chi connectivity index (χ1n) is 10.1. The first-order valence-corrected chi connectivity index (χ1v) is 11.2. The van der Waals surface area contributed by atoms with Crippen LogP contribution in [0.5, 0.6) is 0 Å². The first kappa shape index (κ1) is 24.0. The van der Waals surface area contributed by atoms with Crippen molar-refractivity contribution in [1.29, 1.82) is 0 Å². The van der Waals surface area contributed by atoms with E-state index in [1.807, 2.05) is 30.8 Å². The molecule has 0 bridgehead atoms.